The number of carboxylic acid groups (broad SMARTS) is 1. The molecular weight excluding hydrogens is 292 g/mol. The Morgan fingerprint density at radius 2 is 1.96 bits per heavy atom. The van der Waals surface area contributed by atoms with Gasteiger partial charge in [0.05, 0.1) is 11.4 Å². The molecule has 23 heavy (non-hydrogen) atoms. The van der Waals surface area contributed by atoms with E-state index >= 15 is 0 Å². The molecule has 1 heterocycles. The quantitative estimate of drug-likeness (QED) is 0.910. The number of benzene rings is 1. The van der Waals surface area contributed by atoms with Gasteiger partial charge in [-0.2, -0.15) is 0 Å². The maximum absolute atomic E-state index is 12.4. The molecule has 2 N–H and O–H groups in total. The number of para-hydroxylation sites is 1. The smallest absolute Gasteiger partial charge is 0.306 e. The van der Waals surface area contributed by atoms with Crippen molar-refractivity contribution in [1.82, 2.24) is 10.3 Å². The molecule has 1 aliphatic carbocycles. The number of aliphatic carboxylic acids is 1. The molecule has 1 saturated carbocycles. The molecule has 1 aliphatic rings. The molecule has 2 aromatic rings. The molecule has 0 aliphatic heterocycles. The highest BCUT2D eigenvalue weighted by Crippen LogP contribution is 2.29. The third kappa shape index (κ3) is 3.50. The third-order valence-corrected chi connectivity index (χ3v) is 4.56. The molecule has 2 atom stereocenters. The standard InChI is InChI=1S/C18H20N2O3/c21-17(13-5-2-6-14(10-13)18(22)23)20-11-15-7-1-4-12-8-3-9-19-16(12)15/h1,3-4,7-9,13-14H,2,5-6,10-11H2,(H,20,21)(H,22,23)/t13-,14-/m0/s1. The fourth-order valence-corrected chi connectivity index (χ4v) is 3.29. The van der Waals surface area contributed by atoms with Crippen molar-refractivity contribution in [2.75, 3.05) is 0 Å². The summed E-state index contributed by atoms with van der Waals surface area (Å²) in [5, 5.41) is 13.1. The molecule has 3 rings (SSSR count). The zero-order valence-corrected chi connectivity index (χ0v) is 12.9. The van der Waals surface area contributed by atoms with Gasteiger partial charge in [-0.05, 0) is 30.9 Å². The van der Waals surface area contributed by atoms with E-state index < -0.39 is 11.9 Å². The molecule has 1 amide bonds. The van der Waals surface area contributed by atoms with Crippen molar-refractivity contribution in [2.45, 2.75) is 32.2 Å². The first-order valence-electron chi connectivity index (χ1n) is 7.98. The molecule has 0 bridgehead atoms. The number of nitrogens with one attached hydrogen (secondary N) is 1. The van der Waals surface area contributed by atoms with Gasteiger partial charge in [-0.3, -0.25) is 14.6 Å². The van der Waals surface area contributed by atoms with Crippen LogP contribution in [0.1, 0.15) is 31.2 Å². The Bertz CT molecular complexity index is 724. The fraction of sp³-hybridized carbons (Fsp3) is 0.389. The van der Waals surface area contributed by atoms with Gasteiger partial charge in [0, 0.05) is 24.0 Å². The van der Waals surface area contributed by atoms with Gasteiger partial charge < -0.3 is 10.4 Å². The number of carbonyl (C=O) groups is 2. The van der Waals surface area contributed by atoms with Crippen LogP contribution in [0.5, 0.6) is 0 Å². The highest BCUT2D eigenvalue weighted by atomic mass is 16.4. The minimum atomic E-state index is -0.791. The first kappa shape index (κ1) is 15.5. The van der Waals surface area contributed by atoms with Crippen LogP contribution in [0.4, 0.5) is 0 Å². The molecular formula is C18H20N2O3. The Morgan fingerprint density at radius 1 is 1.17 bits per heavy atom. The number of hydrogen-bond donors (Lipinski definition) is 2. The van der Waals surface area contributed by atoms with Crippen LogP contribution in [0.15, 0.2) is 36.5 Å². The molecule has 5 heteroatoms. The van der Waals surface area contributed by atoms with Gasteiger partial charge in [0.25, 0.3) is 0 Å². The van der Waals surface area contributed by atoms with Crippen molar-refractivity contribution in [1.29, 1.82) is 0 Å². The monoisotopic (exact) mass is 312 g/mol. The average Bonchev–Trinajstić information content (AvgIpc) is 2.59. The summed E-state index contributed by atoms with van der Waals surface area (Å²) in [5.41, 5.74) is 1.87. The Kier molecular flexibility index (Phi) is 4.55. The van der Waals surface area contributed by atoms with Crippen LogP contribution in [0.25, 0.3) is 10.9 Å². The number of carbonyl (C=O) groups excluding carboxylic acids is 1. The van der Waals surface area contributed by atoms with E-state index in [0.29, 0.717) is 19.4 Å². The normalized spacial score (nSPS) is 21.0. The minimum Gasteiger partial charge on any atom is -0.481 e. The molecule has 0 radical (unpaired) electrons. The minimum absolute atomic E-state index is 0.0520. The number of hydrogen-bond acceptors (Lipinski definition) is 3. The maximum Gasteiger partial charge on any atom is 0.306 e. The third-order valence-electron chi connectivity index (χ3n) is 4.56. The van der Waals surface area contributed by atoms with E-state index in [1.807, 2.05) is 30.3 Å². The van der Waals surface area contributed by atoms with Crippen LogP contribution in [0.2, 0.25) is 0 Å². The first-order valence-corrected chi connectivity index (χ1v) is 7.98. The number of aromatic nitrogens is 1. The zero-order valence-electron chi connectivity index (χ0n) is 12.9. The Hall–Kier alpha value is -2.43. The molecule has 1 aromatic carbocycles. The summed E-state index contributed by atoms with van der Waals surface area (Å²) in [6.07, 6.45) is 4.42. The second-order valence-electron chi connectivity index (χ2n) is 6.11. The van der Waals surface area contributed by atoms with Crippen LogP contribution in [-0.2, 0) is 16.1 Å². The van der Waals surface area contributed by atoms with E-state index in [9.17, 15) is 9.59 Å². The lowest BCUT2D eigenvalue weighted by molar-refractivity contribution is -0.144. The van der Waals surface area contributed by atoms with E-state index in [2.05, 4.69) is 10.3 Å². The second-order valence-corrected chi connectivity index (χ2v) is 6.11. The lowest BCUT2D eigenvalue weighted by atomic mass is 9.81. The van der Waals surface area contributed by atoms with Crippen LogP contribution < -0.4 is 5.32 Å². The summed E-state index contributed by atoms with van der Waals surface area (Å²) in [4.78, 5) is 27.8. The fourth-order valence-electron chi connectivity index (χ4n) is 3.29. The molecule has 0 unspecified atom stereocenters. The van der Waals surface area contributed by atoms with Crippen molar-refractivity contribution in [3.8, 4) is 0 Å². The number of pyridine rings is 1. The predicted octanol–water partition coefficient (Wildman–Crippen LogP) is 2.74. The van der Waals surface area contributed by atoms with Crippen LogP contribution >= 0.6 is 0 Å². The van der Waals surface area contributed by atoms with Crippen molar-refractivity contribution < 1.29 is 14.7 Å². The van der Waals surface area contributed by atoms with Crippen molar-refractivity contribution in [2.24, 2.45) is 11.8 Å². The lowest BCUT2D eigenvalue weighted by Crippen LogP contribution is -2.35. The summed E-state index contributed by atoms with van der Waals surface area (Å²) in [5.74, 6) is -1.43. The van der Waals surface area contributed by atoms with E-state index in [4.69, 9.17) is 5.11 Å². The SMILES string of the molecule is O=C(O)[C@H]1CCC[C@H](C(=O)NCc2cccc3cccnc23)C1. The highest BCUT2D eigenvalue weighted by Gasteiger charge is 2.30. The molecule has 0 saturated heterocycles. The number of fused-ring (bicyclic) bond motifs is 1. The molecule has 0 spiro atoms. The number of carboxylic acids is 1. The average molecular weight is 312 g/mol. The summed E-state index contributed by atoms with van der Waals surface area (Å²) >= 11 is 0. The topological polar surface area (TPSA) is 79.3 Å². The molecule has 1 aromatic heterocycles. The van der Waals surface area contributed by atoms with Crippen LogP contribution in [0.3, 0.4) is 0 Å². The summed E-state index contributed by atoms with van der Waals surface area (Å²) in [6.45, 7) is 0.418. The van der Waals surface area contributed by atoms with E-state index in [-0.39, 0.29) is 11.8 Å². The van der Waals surface area contributed by atoms with E-state index in [1.54, 1.807) is 6.20 Å². The molecule has 1 fully saturated rings. The predicted molar refractivity (Wildman–Crippen MR) is 86.7 cm³/mol. The van der Waals surface area contributed by atoms with Gasteiger partial charge >= 0.3 is 5.97 Å². The van der Waals surface area contributed by atoms with Gasteiger partial charge in [-0.1, -0.05) is 30.7 Å². The Labute approximate surface area is 134 Å². The van der Waals surface area contributed by atoms with Gasteiger partial charge in [0.2, 0.25) is 5.91 Å². The lowest BCUT2D eigenvalue weighted by Gasteiger charge is -2.25. The zero-order chi connectivity index (χ0) is 16.2. The maximum atomic E-state index is 12.4. The summed E-state index contributed by atoms with van der Waals surface area (Å²) in [6, 6.07) is 9.78. The number of rotatable bonds is 4. The van der Waals surface area contributed by atoms with Gasteiger partial charge in [-0.15, -0.1) is 0 Å². The van der Waals surface area contributed by atoms with Crippen LogP contribution in [0, 0.1) is 11.8 Å². The highest BCUT2D eigenvalue weighted by molar-refractivity contribution is 5.83. The Balaban J connectivity index is 1.65. The largest absolute Gasteiger partial charge is 0.481 e. The van der Waals surface area contributed by atoms with Crippen LogP contribution in [-0.4, -0.2) is 22.0 Å². The summed E-state index contributed by atoms with van der Waals surface area (Å²) < 4.78 is 0. The van der Waals surface area contributed by atoms with Crippen molar-refractivity contribution >= 4 is 22.8 Å². The Morgan fingerprint density at radius 3 is 2.78 bits per heavy atom. The van der Waals surface area contributed by atoms with Crippen molar-refractivity contribution in [3.63, 3.8) is 0 Å². The first-order chi connectivity index (χ1) is 11.1. The second kappa shape index (κ2) is 6.77. The number of amides is 1. The van der Waals surface area contributed by atoms with Gasteiger partial charge in [0.1, 0.15) is 0 Å². The van der Waals surface area contributed by atoms with Gasteiger partial charge in [0.15, 0.2) is 0 Å². The van der Waals surface area contributed by atoms with Crippen molar-refractivity contribution in [3.05, 3.63) is 42.1 Å². The molecule has 120 valence electrons. The van der Waals surface area contributed by atoms with Gasteiger partial charge in [-0.25, -0.2) is 0 Å². The molecule has 5 nitrogen and oxygen atoms in total. The summed E-state index contributed by atoms with van der Waals surface area (Å²) in [7, 11) is 0. The van der Waals surface area contributed by atoms with E-state index in [0.717, 1.165) is 29.3 Å². The van der Waals surface area contributed by atoms with E-state index in [1.165, 1.54) is 0 Å². The number of nitrogens with zero attached hydrogens (tertiary/aromatic N) is 1.